The fourth-order valence-electron chi connectivity index (χ4n) is 1.49. The molecule has 0 radical (unpaired) electrons. The van der Waals surface area contributed by atoms with Gasteiger partial charge in [0.2, 0.25) is 0 Å². The van der Waals surface area contributed by atoms with Gasteiger partial charge in [0, 0.05) is 5.69 Å². The molecule has 0 bridgehead atoms. The average molecular weight is 231 g/mol. The lowest BCUT2D eigenvalue weighted by atomic mass is 10.1. The molecule has 0 saturated heterocycles. The van der Waals surface area contributed by atoms with Crippen LogP contribution in [0.2, 0.25) is 0 Å². The fraction of sp³-hybridized carbons (Fsp3) is 0.250. The Labute approximate surface area is 98.8 Å². The zero-order chi connectivity index (χ0) is 12.4. The van der Waals surface area contributed by atoms with E-state index in [9.17, 15) is 4.79 Å². The highest BCUT2D eigenvalue weighted by molar-refractivity contribution is 6.03. The molecule has 0 aliphatic rings. The van der Waals surface area contributed by atoms with Crippen LogP contribution in [0.15, 0.2) is 22.8 Å². The molecule has 0 atom stereocenters. The standard InChI is InChI=1S/C12H13N3O2/c1-7-4-5-8(2)10(6-7)13-12(16)11-9(3)14-17-15-11/h4-6H,1-3H3,(H,13,16). The van der Waals surface area contributed by atoms with Gasteiger partial charge in [0.15, 0.2) is 5.69 Å². The molecule has 2 rings (SSSR count). The van der Waals surface area contributed by atoms with Crippen LogP contribution in [0.5, 0.6) is 0 Å². The van der Waals surface area contributed by atoms with Crippen LogP contribution in [-0.4, -0.2) is 16.2 Å². The topological polar surface area (TPSA) is 68.0 Å². The molecular formula is C12H13N3O2. The Morgan fingerprint density at radius 2 is 2.00 bits per heavy atom. The molecule has 0 fully saturated rings. The quantitative estimate of drug-likeness (QED) is 0.860. The first kappa shape index (κ1) is 11.3. The number of nitrogens with zero attached hydrogens (tertiary/aromatic N) is 2. The lowest BCUT2D eigenvalue weighted by Gasteiger charge is -2.07. The molecular weight excluding hydrogens is 218 g/mol. The summed E-state index contributed by atoms with van der Waals surface area (Å²) in [5.74, 6) is -0.308. The Morgan fingerprint density at radius 1 is 1.24 bits per heavy atom. The third-order valence-corrected chi connectivity index (χ3v) is 2.51. The van der Waals surface area contributed by atoms with Gasteiger partial charge in [-0.15, -0.1) is 0 Å². The highest BCUT2D eigenvalue weighted by Crippen LogP contribution is 2.17. The maximum atomic E-state index is 11.9. The van der Waals surface area contributed by atoms with Crippen molar-refractivity contribution in [3.8, 4) is 0 Å². The Morgan fingerprint density at radius 3 is 2.65 bits per heavy atom. The van der Waals surface area contributed by atoms with Gasteiger partial charge >= 0.3 is 0 Å². The van der Waals surface area contributed by atoms with Crippen LogP contribution in [0.3, 0.4) is 0 Å². The molecule has 0 aliphatic heterocycles. The molecule has 1 aromatic carbocycles. The molecule has 0 spiro atoms. The predicted octanol–water partition coefficient (Wildman–Crippen LogP) is 2.25. The molecule has 2 aromatic rings. The molecule has 0 saturated carbocycles. The van der Waals surface area contributed by atoms with Crippen molar-refractivity contribution in [2.24, 2.45) is 0 Å². The number of rotatable bonds is 2. The fourth-order valence-corrected chi connectivity index (χ4v) is 1.49. The van der Waals surface area contributed by atoms with Crippen molar-refractivity contribution in [3.63, 3.8) is 0 Å². The van der Waals surface area contributed by atoms with Gasteiger partial charge in [-0.3, -0.25) is 4.79 Å². The average Bonchev–Trinajstić information content (AvgIpc) is 2.70. The number of amides is 1. The molecule has 1 amide bonds. The van der Waals surface area contributed by atoms with Crippen LogP contribution in [0.1, 0.15) is 27.3 Å². The maximum absolute atomic E-state index is 11.9. The maximum Gasteiger partial charge on any atom is 0.279 e. The second kappa shape index (κ2) is 4.37. The van der Waals surface area contributed by atoms with E-state index in [1.54, 1.807) is 6.92 Å². The second-order valence-corrected chi connectivity index (χ2v) is 3.97. The van der Waals surface area contributed by atoms with E-state index in [2.05, 4.69) is 20.3 Å². The van der Waals surface area contributed by atoms with Gasteiger partial charge in [0.05, 0.1) is 0 Å². The molecule has 0 aliphatic carbocycles. The number of aryl methyl sites for hydroxylation is 3. The van der Waals surface area contributed by atoms with Gasteiger partial charge in [0.25, 0.3) is 5.91 Å². The van der Waals surface area contributed by atoms with E-state index in [-0.39, 0.29) is 11.6 Å². The normalized spacial score (nSPS) is 10.3. The summed E-state index contributed by atoms with van der Waals surface area (Å²) in [5, 5.41) is 9.93. The van der Waals surface area contributed by atoms with Crippen LogP contribution in [0.4, 0.5) is 5.69 Å². The number of carbonyl (C=O) groups excluding carboxylic acids is 1. The number of hydrogen-bond acceptors (Lipinski definition) is 4. The third kappa shape index (κ3) is 2.33. The lowest BCUT2D eigenvalue weighted by molar-refractivity contribution is 0.101. The number of nitrogens with one attached hydrogen (secondary N) is 1. The molecule has 1 aromatic heterocycles. The Hall–Kier alpha value is -2.17. The summed E-state index contributed by atoms with van der Waals surface area (Å²) in [6, 6.07) is 5.86. The smallest absolute Gasteiger partial charge is 0.279 e. The van der Waals surface area contributed by atoms with Crippen molar-refractivity contribution in [2.75, 3.05) is 5.32 Å². The van der Waals surface area contributed by atoms with E-state index in [1.165, 1.54) is 0 Å². The highest BCUT2D eigenvalue weighted by Gasteiger charge is 2.15. The van der Waals surface area contributed by atoms with Crippen LogP contribution in [0.25, 0.3) is 0 Å². The van der Waals surface area contributed by atoms with E-state index in [0.29, 0.717) is 5.69 Å². The van der Waals surface area contributed by atoms with E-state index < -0.39 is 0 Å². The number of hydrogen-bond donors (Lipinski definition) is 1. The van der Waals surface area contributed by atoms with Crippen LogP contribution in [0, 0.1) is 20.8 Å². The summed E-state index contributed by atoms with van der Waals surface area (Å²) in [6.45, 7) is 5.58. The minimum absolute atomic E-state index is 0.214. The summed E-state index contributed by atoms with van der Waals surface area (Å²) >= 11 is 0. The summed E-state index contributed by atoms with van der Waals surface area (Å²) in [6.07, 6.45) is 0. The first-order chi connectivity index (χ1) is 8.08. The minimum Gasteiger partial charge on any atom is -0.320 e. The number of anilines is 1. The Bertz CT molecular complexity index is 561. The van der Waals surface area contributed by atoms with Crippen molar-refractivity contribution >= 4 is 11.6 Å². The van der Waals surface area contributed by atoms with Crippen molar-refractivity contribution in [2.45, 2.75) is 20.8 Å². The largest absolute Gasteiger partial charge is 0.320 e. The van der Waals surface area contributed by atoms with E-state index in [0.717, 1.165) is 16.8 Å². The van der Waals surface area contributed by atoms with Gasteiger partial charge in [0.1, 0.15) is 5.69 Å². The van der Waals surface area contributed by atoms with Gasteiger partial charge in [-0.25, -0.2) is 4.63 Å². The second-order valence-electron chi connectivity index (χ2n) is 3.97. The van der Waals surface area contributed by atoms with E-state index >= 15 is 0 Å². The van der Waals surface area contributed by atoms with Gasteiger partial charge in [-0.2, -0.15) is 0 Å². The summed E-state index contributed by atoms with van der Waals surface area (Å²) in [5.41, 5.74) is 3.55. The molecule has 1 heterocycles. The van der Waals surface area contributed by atoms with Gasteiger partial charge in [-0.1, -0.05) is 17.3 Å². The van der Waals surface area contributed by atoms with Crippen molar-refractivity contribution in [3.05, 3.63) is 40.7 Å². The van der Waals surface area contributed by atoms with E-state index in [1.807, 2.05) is 32.0 Å². The molecule has 88 valence electrons. The third-order valence-electron chi connectivity index (χ3n) is 2.51. The summed E-state index contributed by atoms with van der Waals surface area (Å²) < 4.78 is 4.50. The molecule has 0 unspecified atom stereocenters. The Kier molecular flexibility index (Phi) is 2.91. The summed E-state index contributed by atoms with van der Waals surface area (Å²) in [7, 11) is 0. The first-order valence-corrected chi connectivity index (χ1v) is 5.25. The zero-order valence-corrected chi connectivity index (χ0v) is 9.94. The van der Waals surface area contributed by atoms with Crippen molar-refractivity contribution < 1.29 is 9.42 Å². The van der Waals surface area contributed by atoms with Crippen molar-refractivity contribution in [1.29, 1.82) is 0 Å². The predicted molar refractivity (Wildman–Crippen MR) is 62.9 cm³/mol. The monoisotopic (exact) mass is 231 g/mol. The summed E-state index contributed by atoms with van der Waals surface area (Å²) in [4.78, 5) is 11.9. The number of benzene rings is 1. The number of carbonyl (C=O) groups is 1. The molecule has 17 heavy (non-hydrogen) atoms. The first-order valence-electron chi connectivity index (χ1n) is 5.25. The van der Waals surface area contributed by atoms with Gasteiger partial charge in [-0.05, 0) is 43.1 Å². The number of aromatic nitrogens is 2. The SMILES string of the molecule is Cc1ccc(C)c(NC(=O)c2nonc2C)c1. The van der Waals surface area contributed by atoms with Gasteiger partial charge < -0.3 is 5.32 Å². The molecule has 1 N–H and O–H groups in total. The zero-order valence-electron chi connectivity index (χ0n) is 9.94. The molecule has 5 heteroatoms. The lowest BCUT2D eigenvalue weighted by Crippen LogP contribution is -2.14. The highest BCUT2D eigenvalue weighted by atomic mass is 16.6. The minimum atomic E-state index is -0.308. The Balaban J connectivity index is 2.24. The van der Waals surface area contributed by atoms with Crippen LogP contribution >= 0.6 is 0 Å². The van der Waals surface area contributed by atoms with Crippen molar-refractivity contribution in [1.82, 2.24) is 10.3 Å². The molecule has 5 nitrogen and oxygen atoms in total. The van der Waals surface area contributed by atoms with Crippen LogP contribution < -0.4 is 5.32 Å². The van der Waals surface area contributed by atoms with E-state index in [4.69, 9.17) is 0 Å². The van der Waals surface area contributed by atoms with Crippen LogP contribution in [-0.2, 0) is 0 Å².